The van der Waals surface area contributed by atoms with Crippen LogP contribution in [0.15, 0.2) is 54.6 Å². The lowest BCUT2D eigenvalue weighted by molar-refractivity contribution is 0.190. The Hall–Kier alpha value is -3.26. The highest BCUT2D eigenvalue weighted by molar-refractivity contribution is 7.18. The number of carbonyl (C=O) groups excluding carboxylic acids is 1. The molecule has 3 heterocycles. The number of aromatic nitrogens is 4. The van der Waals surface area contributed by atoms with Crippen molar-refractivity contribution in [2.24, 2.45) is 0 Å². The number of hydrogen-bond donors (Lipinski definition) is 1. The molecule has 1 saturated heterocycles. The minimum Gasteiger partial charge on any atom is -0.325 e. The van der Waals surface area contributed by atoms with Gasteiger partial charge >= 0.3 is 6.03 Å². The van der Waals surface area contributed by atoms with Crippen LogP contribution in [0.4, 0.5) is 9.93 Å². The van der Waals surface area contributed by atoms with Crippen LogP contribution in [-0.4, -0.2) is 43.8 Å². The summed E-state index contributed by atoms with van der Waals surface area (Å²) in [5.74, 6) is 1.28. The number of amides is 2. The van der Waals surface area contributed by atoms with E-state index in [-0.39, 0.29) is 11.9 Å². The van der Waals surface area contributed by atoms with Gasteiger partial charge in [-0.15, -0.1) is 10.2 Å². The van der Waals surface area contributed by atoms with Crippen molar-refractivity contribution in [3.05, 3.63) is 60.4 Å². The smallest absolute Gasteiger partial charge is 0.323 e. The molecular formula is C24H26N6OS. The average molecular weight is 447 g/mol. The lowest BCUT2D eigenvalue weighted by atomic mass is 9.97. The zero-order valence-corrected chi connectivity index (χ0v) is 19.0. The summed E-state index contributed by atoms with van der Waals surface area (Å²) in [4.78, 5) is 19.8. The Morgan fingerprint density at radius 2 is 1.88 bits per heavy atom. The zero-order chi connectivity index (χ0) is 22.1. The topological polar surface area (TPSA) is 75.9 Å². The first-order valence-corrected chi connectivity index (χ1v) is 11.8. The second-order valence-corrected chi connectivity index (χ2v) is 9.39. The van der Waals surface area contributed by atoms with E-state index in [0.29, 0.717) is 17.7 Å². The molecule has 32 heavy (non-hydrogen) atoms. The highest BCUT2D eigenvalue weighted by Gasteiger charge is 2.29. The van der Waals surface area contributed by atoms with Gasteiger partial charge in [0.25, 0.3) is 0 Å². The molecule has 1 aliphatic rings. The van der Waals surface area contributed by atoms with Crippen molar-refractivity contribution in [3.8, 4) is 10.6 Å². The van der Waals surface area contributed by atoms with E-state index >= 15 is 0 Å². The van der Waals surface area contributed by atoms with Gasteiger partial charge in [0, 0.05) is 30.6 Å². The molecule has 1 N–H and O–H groups in total. The number of urea groups is 1. The fourth-order valence-corrected chi connectivity index (χ4v) is 5.15. The molecule has 0 radical (unpaired) electrons. The SMILES string of the molecule is CC(C)n1c([C@@H]2CCCN(C(=O)Nc3nnc(-c4ccccc4)s3)C2)nc2ccccc21. The monoisotopic (exact) mass is 446 g/mol. The zero-order valence-electron chi connectivity index (χ0n) is 18.2. The van der Waals surface area contributed by atoms with E-state index in [9.17, 15) is 4.79 Å². The van der Waals surface area contributed by atoms with Crippen molar-refractivity contribution < 1.29 is 4.79 Å². The van der Waals surface area contributed by atoms with E-state index in [1.165, 1.54) is 11.3 Å². The van der Waals surface area contributed by atoms with Crippen LogP contribution in [-0.2, 0) is 0 Å². The van der Waals surface area contributed by atoms with Crippen LogP contribution in [0, 0.1) is 0 Å². The van der Waals surface area contributed by atoms with Gasteiger partial charge in [0.1, 0.15) is 10.8 Å². The number of rotatable bonds is 4. The first kappa shape index (κ1) is 20.6. The summed E-state index contributed by atoms with van der Waals surface area (Å²) in [5.41, 5.74) is 3.16. The molecular weight excluding hydrogens is 420 g/mol. The minimum absolute atomic E-state index is 0.127. The number of imidazole rings is 1. The molecule has 0 aliphatic carbocycles. The Kier molecular flexibility index (Phi) is 5.61. The second-order valence-electron chi connectivity index (χ2n) is 8.42. The number of benzene rings is 2. The molecule has 7 nitrogen and oxygen atoms in total. The summed E-state index contributed by atoms with van der Waals surface area (Å²) in [7, 11) is 0. The molecule has 164 valence electrons. The van der Waals surface area contributed by atoms with E-state index < -0.39 is 0 Å². The van der Waals surface area contributed by atoms with E-state index in [2.05, 4.69) is 52.1 Å². The van der Waals surface area contributed by atoms with Crippen LogP contribution in [0.5, 0.6) is 0 Å². The molecule has 2 aromatic carbocycles. The van der Waals surface area contributed by atoms with Gasteiger partial charge in [-0.2, -0.15) is 0 Å². The number of anilines is 1. The number of nitrogens with zero attached hydrogens (tertiary/aromatic N) is 5. The van der Waals surface area contributed by atoms with E-state index in [4.69, 9.17) is 4.98 Å². The summed E-state index contributed by atoms with van der Waals surface area (Å²) in [5, 5.41) is 12.6. The van der Waals surface area contributed by atoms with E-state index in [1.807, 2.05) is 41.3 Å². The van der Waals surface area contributed by atoms with Crippen LogP contribution in [0.1, 0.15) is 44.5 Å². The highest BCUT2D eigenvalue weighted by Crippen LogP contribution is 2.32. The van der Waals surface area contributed by atoms with Crippen molar-refractivity contribution in [3.63, 3.8) is 0 Å². The van der Waals surface area contributed by atoms with Crippen molar-refractivity contribution in [2.45, 2.75) is 38.6 Å². The molecule has 0 bridgehead atoms. The normalized spacial score (nSPS) is 16.6. The molecule has 0 unspecified atom stereocenters. The fourth-order valence-electron chi connectivity index (χ4n) is 4.41. The molecule has 1 aliphatic heterocycles. The maximum absolute atomic E-state index is 13.0. The minimum atomic E-state index is -0.127. The van der Waals surface area contributed by atoms with Gasteiger partial charge < -0.3 is 9.47 Å². The predicted molar refractivity (Wildman–Crippen MR) is 128 cm³/mol. The molecule has 5 rings (SSSR count). The van der Waals surface area contributed by atoms with Crippen LogP contribution in [0.3, 0.4) is 0 Å². The third-order valence-corrected chi connectivity index (χ3v) is 6.76. The first-order valence-electron chi connectivity index (χ1n) is 11.0. The summed E-state index contributed by atoms with van der Waals surface area (Å²) in [6.45, 7) is 5.75. The first-order chi connectivity index (χ1) is 15.6. The molecule has 0 saturated carbocycles. The Bertz CT molecular complexity index is 1230. The van der Waals surface area contributed by atoms with Crippen LogP contribution in [0.2, 0.25) is 0 Å². The molecule has 8 heteroatoms. The van der Waals surface area contributed by atoms with E-state index in [0.717, 1.165) is 46.8 Å². The maximum Gasteiger partial charge on any atom is 0.323 e. The van der Waals surface area contributed by atoms with E-state index in [1.54, 1.807) is 0 Å². The summed E-state index contributed by atoms with van der Waals surface area (Å²) in [6.07, 6.45) is 1.97. The molecule has 1 atom stereocenters. The van der Waals surface area contributed by atoms with Crippen LogP contribution < -0.4 is 5.32 Å². The third kappa shape index (κ3) is 3.98. The van der Waals surface area contributed by atoms with Gasteiger partial charge in [-0.1, -0.05) is 53.8 Å². The number of nitrogens with one attached hydrogen (secondary N) is 1. The predicted octanol–water partition coefficient (Wildman–Crippen LogP) is 5.55. The highest BCUT2D eigenvalue weighted by atomic mass is 32.1. The second kappa shape index (κ2) is 8.70. The molecule has 2 aromatic heterocycles. The molecule has 0 spiro atoms. The number of hydrogen-bond acceptors (Lipinski definition) is 5. The van der Waals surface area contributed by atoms with Crippen molar-refractivity contribution in [2.75, 3.05) is 18.4 Å². The summed E-state index contributed by atoms with van der Waals surface area (Å²) >= 11 is 1.39. The van der Waals surface area contributed by atoms with Gasteiger partial charge in [-0.25, -0.2) is 9.78 Å². The van der Waals surface area contributed by atoms with Gasteiger partial charge in [-0.05, 0) is 38.8 Å². The number of carbonyl (C=O) groups is 1. The van der Waals surface area contributed by atoms with Crippen molar-refractivity contribution in [1.82, 2.24) is 24.6 Å². The Morgan fingerprint density at radius 3 is 2.69 bits per heavy atom. The van der Waals surface area contributed by atoms with Gasteiger partial charge in [0.2, 0.25) is 5.13 Å². The summed E-state index contributed by atoms with van der Waals surface area (Å²) in [6, 6.07) is 18.3. The fraction of sp³-hybridized carbons (Fsp3) is 0.333. The Labute approximate surface area is 191 Å². The Balaban J connectivity index is 1.33. The number of para-hydroxylation sites is 2. The Morgan fingerprint density at radius 1 is 1.09 bits per heavy atom. The largest absolute Gasteiger partial charge is 0.325 e. The quantitative estimate of drug-likeness (QED) is 0.446. The number of likely N-dealkylation sites (tertiary alicyclic amines) is 1. The van der Waals surface area contributed by atoms with Crippen LogP contribution in [0.25, 0.3) is 21.6 Å². The maximum atomic E-state index is 13.0. The molecule has 2 amide bonds. The van der Waals surface area contributed by atoms with Crippen molar-refractivity contribution in [1.29, 1.82) is 0 Å². The molecule has 4 aromatic rings. The number of fused-ring (bicyclic) bond motifs is 1. The lowest BCUT2D eigenvalue weighted by Gasteiger charge is -2.32. The van der Waals surface area contributed by atoms with Crippen molar-refractivity contribution >= 4 is 33.5 Å². The average Bonchev–Trinajstić information content (AvgIpc) is 3.44. The standard InChI is InChI=1S/C24H26N6OS/c1-16(2)30-20-13-7-6-12-19(20)25-21(30)18-11-8-14-29(15-18)24(31)26-23-28-27-22(32-23)17-9-4-3-5-10-17/h3-7,9-10,12-13,16,18H,8,11,14-15H2,1-2H3,(H,26,28,31)/t18-/m1/s1. The number of piperidine rings is 1. The molecule has 1 fully saturated rings. The van der Waals surface area contributed by atoms with Crippen LogP contribution >= 0.6 is 11.3 Å². The lowest BCUT2D eigenvalue weighted by Crippen LogP contribution is -2.42. The van der Waals surface area contributed by atoms with Gasteiger partial charge in [0.15, 0.2) is 0 Å². The third-order valence-electron chi connectivity index (χ3n) is 5.87. The van der Waals surface area contributed by atoms with Gasteiger partial charge in [-0.3, -0.25) is 5.32 Å². The summed E-state index contributed by atoms with van der Waals surface area (Å²) < 4.78 is 2.32. The van der Waals surface area contributed by atoms with Gasteiger partial charge in [0.05, 0.1) is 11.0 Å².